The fourth-order valence-corrected chi connectivity index (χ4v) is 3.70. The second kappa shape index (κ2) is 4.84. The van der Waals surface area contributed by atoms with Gasteiger partial charge in [-0.2, -0.15) is 0 Å². The van der Waals surface area contributed by atoms with Crippen molar-refractivity contribution in [2.75, 3.05) is 32.8 Å². The number of rotatable bonds is 1. The van der Waals surface area contributed by atoms with Gasteiger partial charge in [-0.3, -0.25) is 9.80 Å². The van der Waals surface area contributed by atoms with Gasteiger partial charge < -0.3 is 9.84 Å². The molecule has 3 rings (SSSR count). The van der Waals surface area contributed by atoms with Crippen molar-refractivity contribution in [1.29, 1.82) is 0 Å². The molecule has 17 heavy (non-hydrogen) atoms. The first-order valence-electron chi connectivity index (χ1n) is 7.01. The lowest BCUT2D eigenvalue weighted by molar-refractivity contribution is -0.0917. The van der Waals surface area contributed by atoms with Crippen LogP contribution in [0.25, 0.3) is 0 Å². The zero-order chi connectivity index (χ0) is 11.8. The highest BCUT2D eigenvalue weighted by Gasteiger charge is 2.40. The minimum absolute atomic E-state index is 0.195. The normalized spacial score (nSPS) is 44.8. The molecule has 0 bridgehead atoms. The van der Waals surface area contributed by atoms with Crippen LogP contribution in [0.1, 0.15) is 26.2 Å². The van der Waals surface area contributed by atoms with Crippen LogP contribution in [0.5, 0.6) is 0 Å². The van der Waals surface area contributed by atoms with Gasteiger partial charge in [0.05, 0.1) is 18.8 Å². The Morgan fingerprint density at radius 3 is 2.94 bits per heavy atom. The molecule has 4 atom stereocenters. The summed E-state index contributed by atoms with van der Waals surface area (Å²) in [6, 6.07) is 1.49. The van der Waals surface area contributed by atoms with E-state index in [4.69, 9.17) is 4.74 Å². The summed E-state index contributed by atoms with van der Waals surface area (Å²) in [5.41, 5.74) is 0. The van der Waals surface area contributed by atoms with Crippen LogP contribution in [-0.2, 0) is 4.74 Å². The van der Waals surface area contributed by atoms with Gasteiger partial charge in [-0.15, -0.1) is 0 Å². The largest absolute Gasteiger partial charge is 0.391 e. The Balaban J connectivity index is 1.69. The summed E-state index contributed by atoms with van der Waals surface area (Å²) in [5, 5.41) is 10.1. The van der Waals surface area contributed by atoms with E-state index >= 15 is 0 Å². The van der Waals surface area contributed by atoms with E-state index < -0.39 is 0 Å². The molecule has 4 unspecified atom stereocenters. The van der Waals surface area contributed by atoms with Gasteiger partial charge in [-0.05, 0) is 32.7 Å². The second-order valence-electron chi connectivity index (χ2n) is 5.84. The molecular weight excluding hydrogens is 216 g/mol. The molecule has 0 saturated carbocycles. The van der Waals surface area contributed by atoms with Gasteiger partial charge in [0.25, 0.3) is 0 Å². The summed E-state index contributed by atoms with van der Waals surface area (Å²) in [6.45, 7) is 7.26. The molecule has 0 aromatic carbocycles. The molecule has 0 spiro atoms. The number of piperazine rings is 1. The van der Waals surface area contributed by atoms with E-state index in [1.807, 2.05) is 0 Å². The Labute approximate surface area is 104 Å². The molecule has 3 aliphatic rings. The summed E-state index contributed by atoms with van der Waals surface area (Å²) < 4.78 is 5.55. The van der Waals surface area contributed by atoms with Crippen molar-refractivity contribution in [2.24, 2.45) is 0 Å². The highest BCUT2D eigenvalue weighted by Crippen LogP contribution is 2.28. The average Bonchev–Trinajstić information content (AvgIpc) is 2.76. The Bertz CT molecular complexity index is 274. The predicted octanol–water partition coefficient (Wildman–Crippen LogP) is 0.305. The van der Waals surface area contributed by atoms with Gasteiger partial charge in [0, 0.05) is 31.8 Å². The quantitative estimate of drug-likeness (QED) is 0.715. The molecule has 1 N–H and O–H groups in total. The molecule has 0 aromatic rings. The van der Waals surface area contributed by atoms with E-state index in [0.29, 0.717) is 12.6 Å². The molecule has 0 radical (unpaired) electrons. The fourth-order valence-electron chi connectivity index (χ4n) is 3.70. The standard InChI is InChI=1S/C13H24N2O2/c1-10-7-14-5-2-3-11(14)8-15(10)12-9-17-6-4-13(12)16/h10-13,16H,2-9H2,1H3. The maximum absolute atomic E-state index is 10.1. The van der Waals surface area contributed by atoms with Gasteiger partial charge >= 0.3 is 0 Å². The maximum atomic E-state index is 10.1. The Morgan fingerprint density at radius 1 is 1.24 bits per heavy atom. The number of hydrogen-bond acceptors (Lipinski definition) is 4. The number of fused-ring (bicyclic) bond motifs is 1. The molecule has 0 amide bonds. The van der Waals surface area contributed by atoms with Gasteiger partial charge in [-0.25, -0.2) is 0 Å². The van der Waals surface area contributed by atoms with Crippen LogP contribution in [-0.4, -0.2) is 72.0 Å². The van der Waals surface area contributed by atoms with E-state index in [1.165, 1.54) is 19.4 Å². The van der Waals surface area contributed by atoms with Crippen molar-refractivity contribution in [3.05, 3.63) is 0 Å². The average molecular weight is 240 g/mol. The summed E-state index contributed by atoms with van der Waals surface area (Å²) in [6.07, 6.45) is 3.27. The Morgan fingerprint density at radius 2 is 2.12 bits per heavy atom. The number of hydrogen-bond donors (Lipinski definition) is 1. The number of aliphatic hydroxyl groups is 1. The van der Waals surface area contributed by atoms with Crippen LogP contribution < -0.4 is 0 Å². The smallest absolute Gasteiger partial charge is 0.0739 e. The summed E-state index contributed by atoms with van der Waals surface area (Å²) in [5.74, 6) is 0. The van der Waals surface area contributed by atoms with Gasteiger partial charge in [-0.1, -0.05) is 0 Å². The Hall–Kier alpha value is -0.160. The van der Waals surface area contributed by atoms with Crippen molar-refractivity contribution >= 4 is 0 Å². The number of nitrogens with zero attached hydrogens (tertiary/aromatic N) is 2. The van der Waals surface area contributed by atoms with E-state index in [0.717, 1.165) is 32.2 Å². The molecule has 0 aliphatic carbocycles. The van der Waals surface area contributed by atoms with Crippen LogP contribution in [0, 0.1) is 0 Å². The second-order valence-corrected chi connectivity index (χ2v) is 5.84. The lowest BCUT2D eigenvalue weighted by Crippen LogP contribution is -2.62. The monoisotopic (exact) mass is 240 g/mol. The highest BCUT2D eigenvalue weighted by molar-refractivity contribution is 4.95. The molecule has 4 heteroatoms. The van der Waals surface area contributed by atoms with Crippen LogP contribution >= 0.6 is 0 Å². The summed E-state index contributed by atoms with van der Waals surface area (Å²) in [7, 11) is 0. The van der Waals surface area contributed by atoms with Crippen molar-refractivity contribution in [2.45, 2.75) is 50.4 Å². The Kier molecular flexibility index (Phi) is 3.39. The zero-order valence-corrected chi connectivity index (χ0v) is 10.7. The molecule has 3 aliphatic heterocycles. The molecule has 3 fully saturated rings. The SMILES string of the molecule is CC1CN2CCCC2CN1C1COCCC1O. The third kappa shape index (κ3) is 2.24. The maximum Gasteiger partial charge on any atom is 0.0739 e. The molecule has 98 valence electrons. The van der Waals surface area contributed by atoms with Crippen LogP contribution in [0.15, 0.2) is 0 Å². The van der Waals surface area contributed by atoms with E-state index in [2.05, 4.69) is 16.7 Å². The first-order chi connectivity index (χ1) is 8.25. The van der Waals surface area contributed by atoms with E-state index in [9.17, 15) is 5.11 Å². The van der Waals surface area contributed by atoms with Gasteiger partial charge in [0.15, 0.2) is 0 Å². The van der Waals surface area contributed by atoms with E-state index in [1.54, 1.807) is 0 Å². The van der Waals surface area contributed by atoms with Crippen molar-refractivity contribution in [1.82, 2.24) is 9.80 Å². The lowest BCUT2D eigenvalue weighted by atomic mass is 9.99. The van der Waals surface area contributed by atoms with E-state index in [-0.39, 0.29) is 12.1 Å². The number of ether oxygens (including phenoxy) is 1. The highest BCUT2D eigenvalue weighted by atomic mass is 16.5. The molecule has 3 saturated heterocycles. The predicted molar refractivity (Wildman–Crippen MR) is 66.0 cm³/mol. The topological polar surface area (TPSA) is 35.9 Å². The molecular formula is C13H24N2O2. The van der Waals surface area contributed by atoms with Crippen LogP contribution in [0.2, 0.25) is 0 Å². The summed E-state index contributed by atoms with van der Waals surface area (Å²) in [4.78, 5) is 5.12. The van der Waals surface area contributed by atoms with Crippen LogP contribution in [0.4, 0.5) is 0 Å². The van der Waals surface area contributed by atoms with Crippen LogP contribution in [0.3, 0.4) is 0 Å². The summed E-state index contributed by atoms with van der Waals surface area (Å²) >= 11 is 0. The van der Waals surface area contributed by atoms with Gasteiger partial charge in [0.1, 0.15) is 0 Å². The molecule has 0 aromatic heterocycles. The molecule has 4 nitrogen and oxygen atoms in total. The number of aliphatic hydroxyl groups excluding tert-OH is 1. The molecule has 3 heterocycles. The first kappa shape index (κ1) is 11.9. The van der Waals surface area contributed by atoms with Gasteiger partial charge in [0.2, 0.25) is 0 Å². The third-order valence-corrected chi connectivity index (χ3v) is 4.70. The van der Waals surface area contributed by atoms with Crippen molar-refractivity contribution < 1.29 is 9.84 Å². The minimum Gasteiger partial charge on any atom is -0.391 e. The van der Waals surface area contributed by atoms with Crippen molar-refractivity contribution in [3.63, 3.8) is 0 Å². The zero-order valence-electron chi connectivity index (χ0n) is 10.7. The fraction of sp³-hybridized carbons (Fsp3) is 1.00. The van der Waals surface area contributed by atoms with Crippen molar-refractivity contribution in [3.8, 4) is 0 Å². The lowest BCUT2D eigenvalue weighted by Gasteiger charge is -2.48. The first-order valence-corrected chi connectivity index (χ1v) is 7.01. The minimum atomic E-state index is -0.195. The third-order valence-electron chi connectivity index (χ3n) is 4.70.